The van der Waals surface area contributed by atoms with Crippen LogP contribution in [0.25, 0.3) is 0 Å². The number of ether oxygens (including phenoxy) is 1. The third kappa shape index (κ3) is 4.08. The molecule has 26 heavy (non-hydrogen) atoms. The zero-order valence-corrected chi connectivity index (χ0v) is 14.6. The van der Waals surface area contributed by atoms with Gasteiger partial charge < -0.3 is 15.4 Å². The van der Waals surface area contributed by atoms with Crippen LogP contribution in [0.1, 0.15) is 34.1 Å². The van der Waals surface area contributed by atoms with E-state index in [1.54, 1.807) is 48.5 Å². The number of anilines is 2. The minimum absolute atomic E-state index is 0.0131. The molecule has 6 heteroatoms. The number of amides is 2. The summed E-state index contributed by atoms with van der Waals surface area (Å²) in [7, 11) is 1.30. The molecule has 0 bridgehead atoms. The highest BCUT2D eigenvalue weighted by molar-refractivity contribution is 6.06. The quantitative estimate of drug-likeness (QED) is 0.809. The van der Waals surface area contributed by atoms with Crippen LogP contribution in [-0.2, 0) is 9.53 Å². The SMILES string of the molecule is COC(=O)c1cccc(NC(=O)c2cccc(NC(=O)C3CC3C)c2)c1. The van der Waals surface area contributed by atoms with Gasteiger partial charge in [-0.15, -0.1) is 0 Å². The number of carbonyl (C=O) groups is 3. The van der Waals surface area contributed by atoms with Crippen LogP contribution in [0.4, 0.5) is 11.4 Å². The Morgan fingerprint density at radius 1 is 0.962 bits per heavy atom. The van der Waals surface area contributed by atoms with Gasteiger partial charge in [0.1, 0.15) is 0 Å². The molecule has 1 aliphatic rings. The zero-order valence-electron chi connectivity index (χ0n) is 14.6. The van der Waals surface area contributed by atoms with E-state index in [4.69, 9.17) is 0 Å². The Morgan fingerprint density at radius 3 is 2.15 bits per heavy atom. The molecule has 1 saturated carbocycles. The number of rotatable bonds is 5. The monoisotopic (exact) mass is 352 g/mol. The van der Waals surface area contributed by atoms with E-state index >= 15 is 0 Å². The number of carbonyl (C=O) groups excluding carboxylic acids is 3. The maximum Gasteiger partial charge on any atom is 0.337 e. The van der Waals surface area contributed by atoms with E-state index in [1.807, 2.05) is 6.92 Å². The fourth-order valence-electron chi connectivity index (χ4n) is 2.71. The van der Waals surface area contributed by atoms with E-state index in [9.17, 15) is 14.4 Å². The lowest BCUT2D eigenvalue weighted by Gasteiger charge is -2.09. The van der Waals surface area contributed by atoms with Crippen LogP contribution in [0.2, 0.25) is 0 Å². The molecule has 2 aromatic carbocycles. The van der Waals surface area contributed by atoms with E-state index in [1.165, 1.54) is 7.11 Å². The second-order valence-electron chi connectivity index (χ2n) is 6.42. The van der Waals surface area contributed by atoms with Gasteiger partial charge in [-0.25, -0.2) is 4.79 Å². The van der Waals surface area contributed by atoms with Gasteiger partial charge in [-0.1, -0.05) is 19.1 Å². The lowest BCUT2D eigenvalue weighted by Crippen LogP contribution is -2.16. The molecule has 1 aliphatic carbocycles. The van der Waals surface area contributed by atoms with E-state index in [0.29, 0.717) is 28.4 Å². The highest BCUT2D eigenvalue weighted by Gasteiger charge is 2.39. The van der Waals surface area contributed by atoms with E-state index < -0.39 is 5.97 Å². The number of hydrogen-bond donors (Lipinski definition) is 2. The summed E-state index contributed by atoms with van der Waals surface area (Å²) in [5, 5.41) is 5.59. The van der Waals surface area contributed by atoms with Crippen molar-refractivity contribution >= 4 is 29.2 Å². The van der Waals surface area contributed by atoms with Crippen LogP contribution in [0.5, 0.6) is 0 Å². The first-order chi connectivity index (χ1) is 12.5. The van der Waals surface area contributed by atoms with E-state index in [-0.39, 0.29) is 17.7 Å². The molecular weight excluding hydrogens is 332 g/mol. The Bertz CT molecular complexity index is 862. The summed E-state index contributed by atoms with van der Waals surface area (Å²) in [6.07, 6.45) is 0.905. The van der Waals surface area contributed by atoms with Gasteiger partial charge in [0.15, 0.2) is 0 Å². The maximum absolute atomic E-state index is 12.5. The van der Waals surface area contributed by atoms with Crippen molar-refractivity contribution in [2.24, 2.45) is 11.8 Å². The second kappa shape index (κ2) is 7.39. The van der Waals surface area contributed by atoms with Crippen molar-refractivity contribution in [3.63, 3.8) is 0 Å². The molecule has 0 radical (unpaired) electrons. The Morgan fingerprint density at radius 2 is 1.54 bits per heavy atom. The molecule has 2 N–H and O–H groups in total. The molecule has 2 atom stereocenters. The Hall–Kier alpha value is -3.15. The van der Waals surface area contributed by atoms with Gasteiger partial charge in [0.2, 0.25) is 5.91 Å². The average Bonchev–Trinajstić information content (AvgIpc) is 3.38. The molecule has 0 spiro atoms. The van der Waals surface area contributed by atoms with Crippen molar-refractivity contribution in [1.29, 1.82) is 0 Å². The summed E-state index contributed by atoms with van der Waals surface area (Å²) >= 11 is 0. The second-order valence-corrected chi connectivity index (χ2v) is 6.42. The number of benzene rings is 2. The van der Waals surface area contributed by atoms with Crippen LogP contribution >= 0.6 is 0 Å². The van der Waals surface area contributed by atoms with Crippen molar-refractivity contribution in [2.45, 2.75) is 13.3 Å². The van der Waals surface area contributed by atoms with Crippen molar-refractivity contribution in [3.05, 3.63) is 59.7 Å². The smallest absolute Gasteiger partial charge is 0.337 e. The van der Waals surface area contributed by atoms with Crippen molar-refractivity contribution in [2.75, 3.05) is 17.7 Å². The molecule has 134 valence electrons. The first kappa shape index (κ1) is 17.7. The highest BCUT2D eigenvalue weighted by Crippen LogP contribution is 2.38. The first-order valence-electron chi connectivity index (χ1n) is 8.38. The largest absolute Gasteiger partial charge is 0.465 e. The fraction of sp³-hybridized carbons (Fsp3) is 0.250. The van der Waals surface area contributed by atoms with Gasteiger partial charge in [0.25, 0.3) is 5.91 Å². The summed E-state index contributed by atoms with van der Waals surface area (Å²) in [4.78, 5) is 36.1. The fourth-order valence-corrected chi connectivity index (χ4v) is 2.71. The number of nitrogens with one attached hydrogen (secondary N) is 2. The van der Waals surface area contributed by atoms with Crippen molar-refractivity contribution < 1.29 is 19.1 Å². The minimum atomic E-state index is -0.472. The summed E-state index contributed by atoms with van der Waals surface area (Å²) in [5.41, 5.74) is 1.84. The molecule has 2 amide bonds. The topological polar surface area (TPSA) is 84.5 Å². The molecular formula is C20H20N2O4. The molecule has 6 nitrogen and oxygen atoms in total. The van der Waals surface area contributed by atoms with Gasteiger partial charge in [-0.2, -0.15) is 0 Å². The van der Waals surface area contributed by atoms with Gasteiger partial charge >= 0.3 is 5.97 Å². The van der Waals surface area contributed by atoms with E-state index in [0.717, 1.165) is 6.42 Å². The maximum atomic E-state index is 12.5. The highest BCUT2D eigenvalue weighted by atomic mass is 16.5. The number of hydrogen-bond acceptors (Lipinski definition) is 4. The third-order valence-electron chi connectivity index (χ3n) is 4.38. The van der Waals surface area contributed by atoms with Gasteiger partial charge in [-0.3, -0.25) is 9.59 Å². The molecule has 0 heterocycles. The molecule has 2 aromatic rings. The van der Waals surface area contributed by atoms with Crippen LogP contribution in [0, 0.1) is 11.8 Å². The van der Waals surface area contributed by atoms with Crippen LogP contribution in [0.15, 0.2) is 48.5 Å². The number of methoxy groups -OCH3 is 1. The summed E-state index contributed by atoms with van der Waals surface area (Å²) < 4.78 is 4.67. The lowest BCUT2D eigenvalue weighted by molar-refractivity contribution is -0.117. The van der Waals surface area contributed by atoms with Crippen LogP contribution in [-0.4, -0.2) is 24.9 Å². The Balaban J connectivity index is 1.69. The molecule has 0 saturated heterocycles. The predicted octanol–water partition coefficient (Wildman–Crippen LogP) is 3.32. The van der Waals surface area contributed by atoms with Crippen LogP contribution < -0.4 is 10.6 Å². The zero-order chi connectivity index (χ0) is 18.7. The Kier molecular flexibility index (Phi) is 5.02. The van der Waals surface area contributed by atoms with Gasteiger partial charge in [0.05, 0.1) is 12.7 Å². The van der Waals surface area contributed by atoms with Gasteiger partial charge in [0, 0.05) is 22.9 Å². The lowest BCUT2D eigenvalue weighted by atomic mass is 10.1. The van der Waals surface area contributed by atoms with E-state index in [2.05, 4.69) is 15.4 Å². The van der Waals surface area contributed by atoms with Crippen molar-refractivity contribution in [1.82, 2.24) is 0 Å². The molecule has 0 aromatic heterocycles. The predicted molar refractivity (Wildman–Crippen MR) is 98.1 cm³/mol. The number of esters is 1. The normalized spacial score (nSPS) is 17.9. The van der Waals surface area contributed by atoms with Crippen molar-refractivity contribution in [3.8, 4) is 0 Å². The standard InChI is InChI=1S/C20H20N2O4/c1-12-9-17(12)19(24)22-15-7-3-5-13(10-15)18(23)21-16-8-4-6-14(11-16)20(25)26-2/h3-8,10-12,17H,9H2,1-2H3,(H,21,23)(H,22,24). The summed E-state index contributed by atoms with van der Waals surface area (Å²) in [6.45, 7) is 2.04. The molecule has 1 fully saturated rings. The molecule has 3 rings (SSSR count). The minimum Gasteiger partial charge on any atom is -0.465 e. The summed E-state index contributed by atoms with van der Waals surface area (Å²) in [6, 6.07) is 13.3. The van der Waals surface area contributed by atoms with Gasteiger partial charge in [-0.05, 0) is 48.7 Å². The average molecular weight is 352 g/mol. The van der Waals surface area contributed by atoms with Crippen LogP contribution in [0.3, 0.4) is 0 Å². The first-order valence-corrected chi connectivity index (χ1v) is 8.38. The Labute approximate surface area is 151 Å². The summed E-state index contributed by atoms with van der Waals surface area (Å²) in [5.74, 6) is -0.332. The molecule has 2 unspecified atom stereocenters. The third-order valence-corrected chi connectivity index (χ3v) is 4.38. The molecule has 0 aliphatic heterocycles.